The molecule has 0 aliphatic heterocycles. The van der Waals surface area contributed by atoms with Gasteiger partial charge in [0.1, 0.15) is 5.82 Å². The SMILES string of the molecule is Cc1nc2ccccc2c2nc(NC(=O)c3ccccc3)nn12. The molecule has 1 amide bonds. The lowest BCUT2D eigenvalue weighted by Gasteiger charge is -2.01. The van der Waals surface area contributed by atoms with Crippen molar-refractivity contribution in [3.63, 3.8) is 0 Å². The molecule has 1 N–H and O–H groups in total. The van der Waals surface area contributed by atoms with Crippen LogP contribution in [0.5, 0.6) is 0 Å². The summed E-state index contributed by atoms with van der Waals surface area (Å²) in [5.41, 5.74) is 2.09. The number of nitrogens with one attached hydrogen (secondary N) is 1. The van der Waals surface area contributed by atoms with Crippen LogP contribution in [0.4, 0.5) is 5.95 Å². The molecule has 0 saturated carbocycles. The molecule has 0 saturated heterocycles. The van der Waals surface area contributed by atoms with Gasteiger partial charge in [-0.2, -0.15) is 9.50 Å². The molecule has 23 heavy (non-hydrogen) atoms. The Bertz CT molecular complexity index is 1020. The summed E-state index contributed by atoms with van der Waals surface area (Å²) in [4.78, 5) is 21.2. The minimum Gasteiger partial charge on any atom is -0.289 e. The predicted octanol–water partition coefficient (Wildman–Crippen LogP) is 2.84. The van der Waals surface area contributed by atoms with Gasteiger partial charge in [0.05, 0.1) is 5.52 Å². The predicted molar refractivity (Wildman–Crippen MR) is 87.4 cm³/mol. The van der Waals surface area contributed by atoms with E-state index in [1.807, 2.05) is 49.4 Å². The number of anilines is 1. The lowest BCUT2D eigenvalue weighted by molar-refractivity contribution is 0.102. The summed E-state index contributed by atoms with van der Waals surface area (Å²) < 4.78 is 1.64. The van der Waals surface area contributed by atoms with Gasteiger partial charge in [-0.25, -0.2) is 4.98 Å². The lowest BCUT2D eigenvalue weighted by atomic mass is 10.2. The van der Waals surface area contributed by atoms with E-state index >= 15 is 0 Å². The van der Waals surface area contributed by atoms with Gasteiger partial charge in [0.15, 0.2) is 5.65 Å². The molecule has 4 aromatic rings. The Morgan fingerprint density at radius 2 is 1.74 bits per heavy atom. The molecule has 0 unspecified atom stereocenters. The number of rotatable bonds is 2. The minimum absolute atomic E-state index is 0.239. The fraction of sp³-hybridized carbons (Fsp3) is 0.0588. The fourth-order valence-electron chi connectivity index (χ4n) is 2.51. The second-order valence-corrected chi connectivity index (χ2v) is 5.17. The van der Waals surface area contributed by atoms with Gasteiger partial charge in [0, 0.05) is 10.9 Å². The Morgan fingerprint density at radius 3 is 2.57 bits per heavy atom. The number of carbonyl (C=O) groups excluding carboxylic acids is 1. The van der Waals surface area contributed by atoms with E-state index in [9.17, 15) is 4.79 Å². The Morgan fingerprint density at radius 1 is 1.00 bits per heavy atom. The molecule has 0 radical (unpaired) electrons. The first-order chi connectivity index (χ1) is 11.2. The molecule has 0 aliphatic rings. The number of carbonyl (C=O) groups is 1. The van der Waals surface area contributed by atoms with Crippen molar-refractivity contribution in [3.05, 3.63) is 66.0 Å². The van der Waals surface area contributed by atoms with Crippen LogP contribution in [-0.4, -0.2) is 25.5 Å². The maximum Gasteiger partial charge on any atom is 0.258 e. The zero-order valence-corrected chi connectivity index (χ0v) is 12.4. The summed E-state index contributed by atoms with van der Waals surface area (Å²) in [5.74, 6) is 0.739. The van der Waals surface area contributed by atoms with Crippen molar-refractivity contribution in [3.8, 4) is 0 Å². The highest BCUT2D eigenvalue weighted by molar-refractivity contribution is 6.03. The third-order valence-corrected chi connectivity index (χ3v) is 3.60. The summed E-state index contributed by atoms with van der Waals surface area (Å²) in [6.07, 6.45) is 0. The van der Waals surface area contributed by atoms with Gasteiger partial charge in [0.25, 0.3) is 5.91 Å². The quantitative estimate of drug-likeness (QED) is 0.618. The number of fused-ring (bicyclic) bond motifs is 3. The molecule has 2 aromatic carbocycles. The standard InChI is InChI=1S/C17H13N5O/c1-11-18-14-10-6-5-9-13(14)15-19-17(21-22(11)15)20-16(23)12-7-3-2-4-8-12/h2-10H,1H3,(H,20,21,23). The van der Waals surface area contributed by atoms with Crippen molar-refractivity contribution in [2.24, 2.45) is 0 Å². The van der Waals surface area contributed by atoms with Crippen LogP contribution in [0.1, 0.15) is 16.2 Å². The van der Waals surface area contributed by atoms with Crippen molar-refractivity contribution in [2.45, 2.75) is 6.92 Å². The second-order valence-electron chi connectivity index (χ2n) is 5.17. The number of amides is 1. The molecule has 6 nitrogen and oxygen atoms in total. The topological polar surface area (TPSA) is 72.2 Å². The lowest BCUT2D eigenvalue weighted by Crippen LogP contribution is -2.12. The van der Waals surface area contributed by atoms with E-state index in [1.54, 1.807) is 16.6 Å². The van der Waals surface area contributed by atoms with Crippen molar-refractivity contribution >= 4 is 28.4 Å². The minimum atomic E-state index is -0.239. The number of nitrogens with zero attached hydrogens (tertiary/aromatic N) is 4. The first kappa shape index (κ1) is 13.4. The van der Waals surface area contributed by atoms with Crippen LogP contribution in [0, 0.1) is 6.92 Å². The van der Waals surface area contributed by atoms with E-state index in [0.29, 0.717) is 17.0 Å². The van der Waals surface area contributed by atoms with Gasteiger partial charge in [-0.15, -0.1) is 5.10 Å². The highest BCUT2D eigenvalue weighted by Gasteiger charge is 2.13. The van der Waals surface area contributed by atoms with E-state index in [1.165, 1.54) is 0 Å². The molecule has 0 atom stereocenters. The van der Waals surface area contributed by atoms with Gasteiger partial charge < -0.3 is 0 Å². The number of aromatic nitrogens is 4. The maximum atomic E-state index is 12.2. The van der Waals surface area contributed by atoms with Crippen LogP contribution in [0.3, 0.4) is 0 Å². The molecule has 4 rings (SSSR count). The molecule has 2 heterocycles. The Labute approximate surface area is 131 Å². The first-order valence-electron chi connectivity index (χ1n) is 7.21. The van der Waals surface area contributed by atoms with Gasteiger partial charge in [-0.3, -0.25) is 10.1 Å². The zero-order chi connectivity index (χ0) is 15.8. The number of aryl methyl sites for hydroxylation is 1. The Balaban J connectivity index is 1.79. The van der Waals surface area contributed by atoms with Crippen molar-refractivity contribution in [1.82, 2.24) is 19.6 Å². The summed E-state index contributed by atoms with van der Waals surface area (Å²) in [7, 11) is 0. The summed E-state index contributed by atoms with van der Waals surface area (Å²) in [5, 5.41) is 7.96. The highest BCUT2D eigenvalue weighted by Crippen LogP contribution is 2.19. The number of hydrogen-bond donors (Lipinski definition) is 1. The normalized spacial score (nSPS) is 11.0. The summed E-state index contributed by atoms with van der Waals surface area (Å²) >= 11 is 0. The second kappa shape index (κ2) is 5.17. The number of benzene rings is 2. The molecule has 0 fully saturated rings. The number of para-hydroxylation sites is 1. The average molecular weight is 303 g/mol. The average Bonchev–Trinajstić information content (AvgIpc) is 3.00. The van der Waals surface area contributed by atoms with Crippen LogP contribution in [-0.2, 0) is 0 Å². The molecule has 112 valence electrons. The molecule has 2 aromatic heterocycles. The Hall–Kier alpha value is -3.28. The van der Waals surface area contributed by atoms with Crippen LogP contribution < -0.4 is 5.32 Å². The number of hydrogen-bond acceptors (Lipinski definition) is 4. The van der Waals surface area contributed by atoms with Crippen LogP contribution in [0.15, 0.2) is 54.6 Å². The van der Waals surface area contributed by atoms with Gasteiger partial charge >= 0.3 is 0 Å². The molecular formula is C17H13N5O. The monoisotopic (exact) mass is 303 g/mol. The first-order valence-corrected chi connectivity index (χ1v) is 7.21. The fourth-order valence-corrected chi connectivity index (χ4v) is 2.51. The van der Waals surface area contributed by atoms with Crippen LogP contribution in [0.25, 0.3) is 16.6 Å². The summed E-state index contributed by atoms with van der Waals surface area (Å²) in [6.45, 7) is 1.86. The van der Waals surface area contributed by atoms with Crippen molar-refractivity contribution in [2.75, 3.05) is 5.32 Å². The third kappa shape index (κ3) is 2.30. The molecule has 0 spiro atoms. The molecule has 0 bridgehead atoms. The summed E-state index contributed by atoms with van der Waals surface area (Å²) in [6, 6.07) is 16.7. The van der Waals surface area contributed by atoms with Crippen LogP contribution >= 0.6 is 0 Å². The van der Waals surface area contributed by atoms with Crippen molar-refractivity contribution < 1.29 is 4.79 Å². The smallest absolute Gasteiger partial charge is 0.258 e. The zero-order valence-electron chi connectivity index (χ0n) is 12.4. The van der Waals surface area contributed by atoms with Gasteiger partial charge in [0.2, 0.25) is 5.95 Å². The molecule has 0 aliphatic carbocycles. The highest BCUT2D eigenvalue weighted by atomic mass is 16.1. The molecular weight excluding hydrogens is 290 g/mol. The van der Waals surface area contributed by atoms with Crippen LogP contribution in [0.2, 0.25) is 0 Å². The van der Waals surface area contributed by atoms with Gasteiger partial charge in [-0.05, 0) is 31.2 Å². The van der Waals surface area contributed by atoms with E-state index in [2.05, 4.69) is 20.4 Å². The van der Waals surface area contributed by atoms with Crippen molar-refractivity contribution in [1.29, 1.82) is 0 Å². The third-order valence-electron chi connectivity index (χ3n) is 3.60. The van der Waals surface area contributed by atoms with E-state index in [0.717, 1.165) is 10.9 Å². The van der Waals surface area contributed by atoms with Gasteiger partial charge in [-0.1, -0.05) is 30.3 Å². The Kier molecular flexibility index (Phi) is 3.01. The van der Waals surface area contributed by atoms with E-state index < -0.39 is 0 Å². The largest absolute Gasteiger partial charge is 0.289 e. The maximum absolute atomic E-state index is 12.2. The van der Waals surface area contributed by atoms with E-state index in [-0.39, 0.29) is 11.9 Å². The molecule has 6 heteroatoms. The van der Waals surface area contributed by atoms with E-state index in [4.69, 9.17) is 0 Å².